The molecule has 0 saturated heterocycles. The molecule has 5 rings (SSSR count). The standard InChI is InChI=1S/C20H20N2/c1-3-7-17-13(5-1)9-15-11-16-10-14-6-2-4-8-18(14)22-20(16)12-19(15)21-17/h9-12H,1-8H2. The molecule has 0 bridgehead atoms. The van der Waals surface area contributed by atoms with Crippen LogP contribution < -0.4 is 0 Å². The van der Waals surface area contributed by atoms with Crippen molar-refractivity contribution in [1.82, 2.24) is 9.97 Å². The van der Waals surface area contributed by atoms with Gasteiger partial charge in [-0.15, -0.1) is 0 Å². The average molecular weight is 288 g/mol. The van der Waals surface area contributed by atoms with E-state index in [-0.39, 0.29) is 0 Å². The maximum Gasteiger partial charge on any atom is 0.0727 e. The first-order chi connectivity index (χ1) is 10.9. The number of pyridine rings is 2. The van der Waals surface area contributed by atoms with Gasteiger partial charge in [0.15, 0.2) is 0 Å². The lowest BCUT2D eigenvalue weighted by Gasteiger charge is -2.17. The fraction of sp³-hybridized carbons (Fsp3) is 0.400. The van der Waals surface area contributed by atoms with Crippen LogP contribution in [0.15, 0.2) is 24.3 Å². The van der Waals surface area contributed by atoms with Gasteiger partial charge < -0.3 is 0 Å². The number of fused-ring (bicyclic) bond motifs is 4. The van der Waals surface area contributed by atoms with Crippen molar-refractivity contribution in [3.63, 3.8) is 0 Å². The van der Waals surface area contributed by atoms with Gasteiger partial charge in [-0.1, -0.05) is 0 Å². The average Bonchev–Trinajstić information content (AvgIpc) is 2.56. The van der Waals surface area contributed by atoms with Gasteiger partial charge in [-0.25, -0.2) is 0 Å². The molecule has 2 aliphatic carbocycles. The molecule has 22 heavy (non-hydrogen) atoms. The molecule has 2 heteroatoms. The zero-order valence-electron chi connectivity index (χ0n) is 12.9. The van der Waals surface area contributed by atoms with Gasteiger partial charge in [-0.05, 0) is 86.8 Å². The van der Waals surface area contributed by atoms with E-state index in [1.165, 1.54) is 71.8 Å². The summed E-state index contributed by atoms with van der Waals surface area (Å²) < 4.78 is 0. The Hall–Kier alpha value is -1.96. The Labute approximate surface area is 130 Å². The van der Waals surface area contributed by atoms with E-state index in [0.29, 0.717) is 0 Å². The minimum absolute atomic E-state index is 1.12. The fourth-order valence-corrected chi connectivity index (χ4v) is 4.09. The van der Waals surface area contributed by atoms with Crippen molar-refractivity contribution >= 4 is 21.8 Å². The van der Waals surface area contributed by atoms with E-state index < -0.39 is 0 Å². The Balaban J connectivity index is 1.76. The van der Waals surface area contributed by atoms with Crippen LogP contribution in [0.5, 0.6) is 0 Å². The molecule has 0 spiro atoms. The summed E-state index contributed by atoms with van der Waals surface area (Å²) in [5.41, 5.74) is 7.80. The lowest BCUT2D eigenvalue weighted by atomic mass is 9.93. The second kappa shape index (κ2) is 4.77. The van der Waals surface area contributed by atoms with Crippen molar-refractivity contribution in [2.45, 2.75) is 51.4 Å². The van der Waals surface area contributed by atoms with Gasteiger partial charge in [0.2, 0.25) is 0 Å². The van der Waals surface area contributed by atoms with E-state index in [0.717, 1.165) is 23.9 Å². The number of rotatable bonds is 0. The summed E-state index contributed by atoms with van der Waals surface area (Å²) in [5.74, 6) is 0. The highest BCUT2D eigenvalue weighted by Crippen LogP contribution is 2.29. The normalized spacial score (nSPS) is 17.5. The van der Waals surface area contributed by atoms with Gasteiger partial charge >= 0.3 is 0 Å². The third kappa shape index (κ3) is 1.93. The van der Waals surface area contributed by atoms with Gasteiger partial charge in [0.1, 0.15) is 0 Å². The summed E-state index contributed by atoms with van der Waals surface area (Å²) in [7, 11) is 0. The van der Waals surface area contributed by atoms with Gasteiger partial charge in [0, 0.05) is 22.2 Å². The van der Waals surface area contributed by atoms with Crippen molar-refractivity contribution in [2.75, 3.05) is 0 Å². The molecule has 0 N–H and O–H groups in total. The highest BCUT2D eigenvalue weighted by molar-refractivity contribution is 5.95. The van der Waals surface area contributed by atoms with Crippen LogP contribution >= 0.6 is 0 Å². The monoisotopic (exact) mass is 288 g/mol. The Morgan fingerprint density at radius 2 is 1.05 bits per heavy atom. The van der Waals surface area contributed by atoms with Crippen molar-refractivity contribution in [2.24, 2.45) is 0 Å². The van der Waals surface area contributed by atoms with Crippen molar-refractivity contribution in [3.05, 3.63) is 46.8 Å². The van der Waals surface area contributed by atoms with Crippen molar-refractivity contribution < 1.29 is 0 Å². The van der Waals surface area contributed by atoms with Crippen LogP contribution in [0.3, 0.4) is 0 Å². The quantitative estimate of drug-likeness (QED) is 0.567. The summed E-state index contributed by atoms with van der Waals surface area (Å²) in [6.45, 7) is 0. The molecule has 0 amide bonds. The fourth-order valence-electron chi connectivity index (χ4n) is 4.09. The highest BCUT2D eigenvalue weighted by Gasteiger charge is 2.15. The second-order valence-electron chi connectivity index (χ2n) is 6.84. The number of aromatic nitrogens is 2. The molecule has 0 radical (unpaired) electrons. The van der Waals surface area contributed by atoms with Crippen LogP contribution in [0, 0.1) is 0 Å². The van der Waals surface area contributed by atoms with E-state index in [4.69, 9.17) is 9.97 Å². The number of benzene rings is 1. The minimum atomic E-state index is 1.12. The first-order valence-corrected chi connectivity index (χ1v) is 8.62. The largest absolute Gasteiger partial charge is 0.252 e. The van der Waals surface area contributed by atoms with E-state index >= 15 is 0 Å². The molecule has 0 fully saturated rings. The van der Waals surface area contributed by atoms with Crippen LogP contribution in [0.4, 0.5) is 0 Å². The maximum atomic E-state index is 4.94. The van der Waals surface area contributed by atoms with Crippen LogP contribution in [0.25, 0.3) is 21.8 Å². The molecular formula is C20H20N2. The van der Waals surface area contributed by atoms with Gasteiger partial charge in [-0.2, -0.15) is 0 Å². The molecule has 0 unspecified atom stereocenters. The molecule has 3 aromatic rings. The number of hydrogen-bond donors (Lipinski definition) is 0. The van der Waals surface area contributed by atoms with Gasteiger partial charge in [-0.3, -0.25) is 9.97 Å². The van der Waals surface area contributed by atoms with Crippen LogP contribution in [0.1, 0.15) is 48.2 Å². The van der Waals surface area contributed by atoms with E-state index in [1.807, 2.05) is 0 Å². The summed E-state index contributed by atoms with van der Waals surface area (Å²) in [4.78, 5) is 9.88. The summed E-state index contributed by atoms with van der Waals surface area (Å²) >= 11 is 0. The Morgan fingerprint density at radius 3 is 1.59 bits per heavy atom. The maximum absolute atomic E-state index is 4.94. The van der Waals surface area contributed by atoms with E-state index in [1.54, 1.807) is 0 Å². The number of nitrogens with zero attached hydrogens (tertiary/aromatic N) is 2. The first kappa shape index (κ1) is 12.6. The van der Waals surface area contributed by atoms with Crippen LogP contribution in [0.2, 0.25) is 0 Å². The highest BCUT2D eigenvalue weighted by atomic mass is 14.7. The predicted octanol–water partition coefficient (Wildman–Crippen LogP) is 4.54. The molecule has 110 valence electrons. The smallest absolute Gasteiger partial charge is 0.0727 e. The zero-order valence-corrected chi connectivity index (χ0v) is 12.9. The van der Waals surface area contributed by atoms with Crippen LogP contribution in [-0.4, -0.2) is 9.97 Å². The van der Waals surface area contributed by atoms with E-state index in [9.17, 15) is 0 Å². The molecule has 2 heterocycles. The van der Waals surface area contributed by atoms with Crippen molar-refractivity contribution in [3.8, 4) is 0 Å². The lowest BCUT2D eigenvalue weighted by molar-refractivity contribution is 0.670. The van der Waals surface area contributed by atoms with Gasteiger partial charge in [0.25, 0.3) is 0 Å². The lowest BCUT2D eigenvalue weighted by Crippen LogP contribution is -2.06. The molecule has 0 aliphatic heterocycles. The molecule has 2 aromatic heterocycles. The predicted molar refractivity (Wildman–Crippen MR) is 90.3 cm³/mol. The first-order valence-electron chi connectivity index (χ1n) is 8.62. The molecule has 0 saturated carbocycles. The number of hydrogen-bond acceptors (Lipinski definition) is 2. The van der Waals surface area contributed by atoms with Crippen molar-refractivity contribution in [1.29, 1.82) is 0 Å². The topological polar surface area (TPSA) is 25.8 Å². The Morgan fingerprint density at radius 1 is 0.545 bits per heavy atom. The zero-order chi connectivity index (χ0) is 14.5. The Bertz CT molecular complexity index is 750. The minimum Gasteiger partial charge on any atom is -0.252 e. The SMILES string of the molecule is c1c2c(nc3cc4nc5c(cc4cc13)CCCC5)CCCC2. The summed E-state index contributed by atoms with van der Waals surface area (Å²) in [6, 6.07) is 9.24. The summed E-state index contributed by atoms with van der Waals surface area (Å²) in [5, 5.41) is 2.57. The third-order valence-electron chi connectivity index (χ3n) is 5.31. The third-order valence-corrected chi connectivity index (χ3v) is 5.31. The molecule has 0 atom stereocenters. The summed E-state index contributed by atoms with van der Waals surface area (Å²) in [6.07, 6.45) is 9.85. The number of aryl methyl sites for hydroxylation is 4. The molecular weight excluding hydrogens is 268 g/mol. The van der Waals surface area contributed by atoms with E-state index in [2.05, 4.69) is 24.3 Å². The molecule has 2 nitrogen and oxygen atoms in total. The Kier molecular flexibility index (Phi) is 2.73. The van der Waals surface area contributed by atoms with Gasteiger partial charge in [0.05, 0.1) is 11.0 Å². The molecule has 1 aromatic carbocycles. The second-order valence-corrected chi connectivity index (χ2v) is 6.84. The van der Waals surface area contributed by atoms with Crippen LogP contribution in [-0.2, 0) is 25.7 Å². The molecule has 2 aliphatic rings.